The number of aromatic amines is 1. The molecule has 1 aromatic heterocycles. The molecule has 0 saturated carbocycles. The predicted octanol–water partition coefficient (Wildman–Crippen LogP) is 1.75. The summed E-state index contributed by atoms with van der Waals surface area (Å²) in [6, 6.07) is 5.65. The standard InChI is InChI=1S/C12H15ClN4/c13-8-1-2-9-10(7-8)17-11(16-9)12(14)3-5-15-6-4-12/h1-2,7,15H,3-6,14H2,(H,16,17). The molecule has 90 valence electrons. The number of hydrogen-bond donors (Lipinski definition) is 3. The highest BCUT2D eigenvalue weighted by molar-refractivity contribution is 6.31. The molecule has 1 aromatic carbocycles. The number of halogens is 1. The van der Waals surface area contributed by atoms with Gasteiger partial charge in [-0.25, -0.2) is 4.98 Å². The number of aromatic nitrogens is 2. The number of benzene rings is 1. The molecule has 1 fully saturated rings. The highest BCUT2D eigenvalue weighted by Gasteiger charge is 2.32. The van der Waals surface area contributed by atoms with Crippen LogP contribution in [0, 0.1) is 0 Å². The second-order valence-electron chi connectivity index (χ2n) is 4.65. The van der Waals surface area contributed by atoms with Crippen molar-refractivity contribution in [2.24, 2.45) is 5.73 Å². The van der Waals surface area contributed by atoms with E-state index in [2.05, 4.69) is 15.3 Å². The maximum Gasteiger partial charge on any atom is 0.127 e. The number of imidazole rings is 1. The van der Waals surface area contributed by atoms with Gasteiger partial charge in [0.05, 0.1) is 16.6 Å². The normalized spacial score (nSPS) is 19.6. The van der Waals surface area contributed by atoms with E-state index in [-0.39, 0.29) is 5.54 Å². The number of piperidine rings is 1. The first-order valence-electron chi connectivity index (χ1n) is 5.83. The van der Waals surface area contributed by atoms with Crippen molar-refractivity contribution in [3.8, 4) is 0 Å². The van der Waals surface area contributed by atoms with Gasteiger partial charge in [-0.15, -0.1) is 0 Å². The van der Waals surface area contributed by atoms with Gasteiger partial charge in [-0.1, -0.05) is 11.6 Å². The van der Waals surface area contributed by atoms with Crippen LogP contribution < -0.4 is 11.1 Å². The van der Waals surface area contributed by atoms with Crippen molar-refractivity contribution in [1.82, 2.24) is 15.3 Å². The third kappa shape index (κ3) is 1.92. The minimum atomic E-state index is -0.337. The van der Waals surface area contributed by atoms with Gasteiger partial charge < -0.3 is 16.0 Å². The van der Waals surface area contributed by atoms with Crippen LogP contribution in [0.4, 0.5) is 0 Å². The minimum Gasteiger partial charge on any atom is -0.340 e. The monoisotopic (exact) mass is 250 g/mol. The number of rotatable bonds is 1. The molecule has 0 aliphatic carbocycles. The Morgan fingerprint density at radius 2 is 2.06 bits per heavy atom. The van der Waals surface area contributed by atoms with Gasteiger partial charge in [0, 0.05) is 5.02 Å². The molecule has 2 aromatic rings. The summed E-state index contributed by atoms with van der Waals surface area (Å²) >= 11 is 5.96. The van der Waals surface area contributed by atoms with Crippen molar-refractivity contribution in [2.45, 2.75) is 18.4 Å². The fourth-order valence-corrected chi connectivity index (χ4v) is 2.50. The first kappa shape index (κ1) is 11.0. The zero-order chi connectivity index (χ0) is 11.9. The molecule has 0 spiro atoms. The Balaban J connectivity index is 2.05. The molecule has 1 aliphatic rings. The highest BCUT2D eigenvalue weighted by atomic mass is 35.5. The van der Waals surface area contributed by atoms with Crippen LogP contribution in [0.2, 0.25) is 5.02 Å². The van der Waals surface area contributed by atoms with Crippen LogP contribution in [0.1, 0.15) is 18.7 Å². The number of H-pyrrole nitrogens is 1. The smallest absolute Gasteiger partial charge is 0.127 e. The van der Waals surface area contributed by atoms with E-state index in [1.165, 1.54) is 0 Å². The second kappa shape index (κ2) is 3.98. The minimum absolute atomic E-state index is 0.337. The van der Waals surface area contributed by atoms with Gasteiger partial charge in [-0.05, 0) is 44.1 Å². The molecule has 5 heteroatoms. The second-order valence-corrected chi connectivity index (χ2v) is 5.09. The Kier molecular flexibility index (Phi) is 2.58. The maximum absolute atomic E-state index is 6.42. The summed E-state index contributed by atoms with van der Waals surface area (Å²) in [5.74, 6) is 0.872. The van der Waals surface area contributed by atoms with Gasteiger partial charge >= 0.3 is 0 Å². The van der Waals surface area contributed by atoms with Crippen LogP contribution in [-0.4, -0.2) is 23.1 Å². The molecule has 0 bridgehead atoms. The lowest BCUT2D eigenvalue weighted by Gasteiger charge is -2.31. The van der Waals surface area contributed by atoms with Gasteiger partial charge in [0.1, 0.15) is 5.82 Å². The third-order valence-electron chi connectivity index (χ3n) is 3.41. The molecule has 4 N–H and O–H groups in total. The van der Waals surface area contributed by atoms with E-state index < -0.39 is 0 Å². The van der Waals surface area contributed by atoms with E-state index in [1.807, 2.05) is 18.2 Å². The molecule has 0 atom stereocenters. The fraction of sp³-hybridized carbons (Fsp3) is 0.417. The zero-order valence-corrected chi connectivity index (χ0v) is 10.2. The van der Waals surface area contributed by atoms with Crippen LogP contribution in [0.15, 0.2) is 18.2 Å². The number of nitrogens with zero attached hydrogens (tertiary/aromatic N) is 1. The lowest BCUT2D eigenvalue weighted by atomic mass is 9.89. The molecule has 17 heavy (non-hydrogen) atoms. The molecule has 0 amide bonds. The fourth-order valence-electron chi connectivity index (χ4n) is 2.33. The number of hydrogen-bond acceptors (Lipinski definition) is 3. The van der Waals surface area contributed by atoms with E-state index in [0.29, 0.717) is 5.02 Å². The van der Waals surface area contributed by atoms with E-state index in [9.17, 15) is 0 Å². The van der Waals surface area contributed by atoms with Gasteiger partial charge in [-0.3, -0.25) is 0 Å². The summed E-state index contributed by atoms with van der Waals surface area (Å²) in [6.07, 6.45) is 1.81. The van der Waals surface area contributed by atoms with Crippen LogP contribution in [0.3, 0.4) is 0 Å². The summed E-state index contributed by atoms with van der Waals surface area (Å²) in [7, 11) is 0. The molecular formula is C12H15ClN4. The molecule has 2 heterocycles. The van der Waals surface area contributed by atoms with Crippen molar-refractivity contribution < 1.29 is 0 Å². The molecule has 4 nitrogen and oxygen atoms in total. The predicted molar refractivity (Wildman–Crippen MR) is 69.1 cm³/mol. The van der Waals surface area contributed by atoms with Gasteiger partial charge in [-0.2, -0.15) is 0 Å². The van der Waals surface area contributed by atoms with Gasteiger partial charge in [0.25, 0.3) is 0 Å². The van der Waals surface area contributed by atoms with E-state index >= 15 is 0 Å². The van der Waals surface area contributed by atoms with Crippen molar-refractivity contribution in [1.29, 1.82) is 0 Å². The van der Waals surface area contributed by atoms with E-state index in [4.69, 9.17) is 17.3 Å². The highest BCUT2D eigenvalue weighted by Crippen LogP contribution is 2.28. The van der Waals surface area contributed by atoms with Crippen molar-refractivity contribution in [3.05, 3.63) is 29.0 Å². The summed E-state index contributed by atoms with van der Waals surface area (Å²) in [4.78, 5) is 7.88. The van der Waals surface area contributed by atoms with Crippen LogP contribution in [0.5, 0.6) is 0 Å². The van der Waals surface area contributed by atoms with Crippen molar-refractivity contribution in [2.75, 3.05) is 13.1 Å². The van der Waals surface area contributed by atoms with Crippen LogP contribution >= 0.6 is 11.6 Å². The molecular weight excluding hydrogens is 236 g/mol. The Morgan fingerprint density at radius 1 is 1.29 bits per heavy atom. The Labute approximate surface area is 105 Å². The van der Waals surface area contributed by atoms with Crippen molar-refractivity contribution in [3.63, 3.8) is 0 Å². The number of nitrogens with one attached hydrogen (secondary N) is 2. The average Bonchev–Trinajstić information content (AvgIpc) is 2.73. The Hall–Kier alpha value is -1.10. The summed E-state index contributed by atoms with van der Waals surface area (Å²) in [6.45, 7) is 1.88. The quantitative estimate of drug-likeness (QED) is 0.723. The van der Waals surface area contributed by atoms with Crippen LogP contribution in [-0.2, 0) is 5.54 Å². The molecule has 0 unspecified atom stereocenters. The number of fused-ring (bicyclic) bond motifs is 1. The summed E-state index contributed by atoms with van der Waals surface area (Å²) < 4.78 is 0. The van der Waals surface area contributed by atoms with E-state index in [0.717, 1.165) is 42.8 Å². The summed E-state index contributed by atoms with van der Waals surface area (Å²) in [5, 5.41) is 4.02. The lowest BCUT2D eigenvalue weighted by Crippen LogP contribution is -2.47. The zero-order valence-electron chi connectivity index (χ0n) is 9.46. The maximum atomic E-state index is 6.42. The number of nitrogens with two attached hydrogens (primary N) is 1. The molecule has 3 rings (SSSR count). The Bertz CT molecular complexity index is 542. The topological polar surface area (TPSA) is 66.7 Å². The van der Waals surface area contributed by atoms with E-state index in [1.54, 1.807) is 0 Å². The van der Waals surface area contributed by atoms with Gasteiger partial charge in [0.15, 0.2) is 0 Å². The third-order valence-corrected chi connectivity index (χ3v) is 3.65. The lowest BCUT2D eigenvalue weighted by molar-refractivity contribution is 0.304. The summed E-state index contributed by atoms with van der Waals surface area (Å²) in [5.41, 5.74) is 7.96. The van der Waals surface area contributed by atoms with Crippen LogP contribution in [0.25, 0.3) is 11.0 Å². The Morgan fingerprint density at radius 3 is 2.82 bits per heavy atom. The first-order chi connectivity index (χ1) is 8.17. The van der Waals surface area contributed by atoms with Gasteiger partial charge in [0.2, 0.25) is 0 Å². The molecule has 1 aliphatic heterocycles. The average molecular weight is 251 g/mol. The molecule has 0 radical (unpaired) electrons. The SMILES string of the molecule is NC1(c2nc3ccc(Cl)cc3[nH]2)CCNCC1. The van der Waals surface area contributed by atoms with Crippen molar-refractivity contribution >= 4 is 22.6 Å². The molecule has 1 saturated heterocycles. The largest absolute Gasteiger partial charge is 0.340 e. The first-order valence-corrected chi connectivity index (χ1v) is 6.21.